The van der Waals surface area contributed by atoms with Gasteiger partial charge in [0.25, 0.3) is 0 Å². The van der Waals surface area contributed by atoms with E-state index in [4.69, 9.17) is 0 Å². The zero-order chi connectivity index (χ0) is 10.8. The summed E-state index contributed by atoms with van der Waals surface area (Å²) in [5, 5.41) is 4.53. The predicted molar refractivity (Wildman–Crippen MR) is 66.6 cm³/mol. The molecule has 1 atom stereocenters. The number of aldehydes is 1. The molecule has 0 aliphatic heterocycles. The molecule has 0 aromatic carbocycles. The first-order valence-electron chi connectivity index (χ1n) is 5.36. The topological polar surface area (TPSA) is 34.9 Å². The van der Waals surface area contributed by atoms with Gasteiger partial charge in [-0.1, -0.05) is 6.92 Å². The molecule has 1 aromatic heterocycles. The molecule has 1 aliphatic carbocycles. The first-order chi connectivity index (χ1) is 7.19. The average molecular weight is 318 g/mol. The SMILES string of the molecule is CC(C=O)Cc1nn(CC2CC2)cc1I. The number of hydrogen-bond acceptors (Lipinski definition) is 2. The molecule has 3 nitrogen and oxygen atoms in total. The third kappa shape index (κ3) is 3.03. The van der Waals surface area contributed by atoms with Gasteiger partial charge < -0.3 is 4.79 Å². The maximum Gasteiger partial charge on any atom is 0.123 e. The van der Waals surface area contributed by atoms with Gasteiger partial charge in [-0.05, 0) is 41.4 Å². The molecule has 1 saturated carbocycles. The van der Waals surface area contributed by atoms with Crippen molar-refractivity contribution in [2.75, 3.05) is 0 Å². The number of carbonyl (C=O) groups excluding carboxylic acids is 1. The highest BCUT2D eigenvalue weighted by molar-refractivity contribution is 14.1. The molecule has 1 aromatic rings. The molecule has 0 radical (unpaired) electrons. The van der Waals surface area contributed by atoms with Crippen LogP contribution in [-0.4, -0.2) is 16.1 Å². The molecule has 15 heavy (non-hydrogen) atoms. The maximum atomic E-state index is 10.6. The van der Waals surface area contributed by atoms with Gasteiger partial charge in [-0.25, -0.2) is 0 Å². The molecule has 82 valence electrons. The zero-order valence-electron chi connectivity index (χ0n) is 8.82. The van der Waals surface area contributed by atoms with Gasteiger partial charge in [-0.3, -0.25) is 4.68 Å². The molecule has 1 heterocycles. The monoisotopic (exact) mass is 318 g/mol. The molecule has 1 fully saturated rings. The minimum atomic E-state index is 0.0720. The van der Waals surface area contributed by atoms with Crippen molar-refractivity contribution in [2.24, 2.45) is 11.8 Å². The lowest BCUT2D eigenvalue weighted by atomic mass is 10.1. The lowest BCUT2D eigenvalue weighted by Crippen LogP contribution is -2.05. The number of carbonyl (C=O) groups is 1. The van der Waals surface area contributed by atoms with Crippen molar-refractivity contribution in [1.82, 2.24) is 9.78 Å². The number of hydrogen-bond donors (Lipinski definition) is 0. The smallest absolute Gasteiger partial charge is 0.123 e. The Morgan fingerprint density at radius 2 is 2.47 bits per heavy atom. The van der Waals surface area contributed by atoms with Crippen LogP contribution >= 0.6 is 22.6 Å². The summed E-state index contributed by atoms with van der Waals surface area (Å²) in [6.45, 7) is 2.98. The summed E-state index contributed by atoms with van der Waals surface area (Å²) in [6, 6.07) is 0. The number of halogens is 1. The fourth-order valence-corrected chi connectivity index (χ4v) is 2.24. The van der Waals surface area contributed by atoms with Gasteiger partial charge in [0.1, 0.15) is 6.29 Å². The highest BCUT2D eigenvalue weighted by Gasteiger charge is 2.22. The molecule has 0 N–H and O–H groups in total. The van der Waals surface area contributed by atoms with E-state index in [0.717, 1.165) is 30.9 Å². The Hall–Kier alpha value is -0.390. The zero-order valence-corrected chi connectivity index (χ0v) is 11.0. The molecule has 4 heteroatoms. The Morgan fingerprint density at radius 3 is 3.07 bits per heavy atom. The van der Waals surface area contributed by atoms with Crippen LogP contribution in [0, 0.1) is 15.4 Å². The number of nitrogens with zero attached hydrogens (tertiary/aromatic N) is 2. The van der Waals surface area contributed by atoms with Gasteiger partial charge in [-0.15, -0.1) is 0 Å². The standard InChI is InChI=1S/C11H15IN2O/c1-8(7-15)4-11-10(12)6-14(13-11)5-9-2-3-9/h6-9H,2-5H2,1H3. The molecular weight excluding hydrogens is 303 g/mol. The minimum absolute atomic E-state index is 0.0720. The van der Waals surface area contributed by atoms with Crippen LogP contribution in [0.25, 0.3) is 0 Å². The largest absolute Gasteiger partial charge is 0.303 e. The lowest BCUT2D eigenvalue weighted by Gasteiger charge is -2.00. The van der Waals surface area contributed by atoms with E-state index in [-0.39, 0.29) is 5.92 Å². The number of aromatic nitrogens is 2. The lowest BCUT2D eigenvalue weighted by molar-refractivity contribution is -0.110. The summed E-state index contributed by atoms with van der Waals surface area (Å²) in [7, 11) is 0. The van der Waals surface area contributed by atoms with Crippen LogP contribution in [0.5, 0.6) is 0 Å². The van der Waals surface area contributed by atoms with Crippen LogP contribution < -0.4 is 0 Å². The highest BCUT2D eigenvalue weighted by atomic mass is 127. The third-order valence-electron chi connectivity index (χ3n) is 2.68. The minimum Gasteiger partial charge on any atom is -0.303 e. The van der Waals surface area contributed by atoms with E-state index in [1.807, 2.05) is 11.6 Å². The molecule has 0 spiro atoms. The molecule has 2 rings (SSSR count). The molecule has 1 unspecified atom stereocenters. The summed E-state index contributed by atoms with van der Waals surface area (Å²) in [4.78, 5) is 10.6. The van der Waals surface area contributed by atoms with Gasteiger partial charge >= 0.3 is 0 Å². The van der Waals surface area contributed by atoms with Crippen LogP contribution in [0.1, 0.15) is 25.5 Å². The van der Waals surface area contributed by atoms with Crippen molar-refractivity contribution in [1.29, 1.82) is 0 Å². The Labute approximate surface area is 103 Å². The molecule has 0 saturated heterocycles. The van der Waals surface area contributed by atoms with Crippen molar-refractivity contribution in [3.63, 3.8) is 0 Å². The van der Waals surface area contributed by atoms with Gasteiger partial charge in [0.2, 0.25) is 0 Å². The summed E-state index contributed by atoms with van der Waals surface area (Å²) in [5.74, 6) is 0.917. The van der Waals surface area contributed by atoms with Crippen molar-refractivity contribution < 1.29 is 4.79 Å². The Bertz CT molecular complexity index is 357. The van der Waals surface area contributed by atoms with Crippen molar-refractivity contribution in [2.45, 2.75) is 32.7 Å². The summed E-state index contributed by atoms with van der Waals surface area (Å²) < 4.78 is 3.22. The van der Waals surface area contributed by atoms with Crippen LogP contribution in [-0.2, 0) is 17.8 Å². The molecule has 1 aliphatic rings. The summed E-state index contributed by atoms with van der Waals surface area (Å²) in [5.41, 5.74) is 1.07. The van der Waals surface area contributed by atoms with Crippen LogP contribution in [0.2, 0.25) is 0 Å². The van der Waals surface area contributed by atoms with E-state index in [9.17, 15) is 4.79 Å². The van der Waals surface area contributed by atoms with Crippen LogP contribution in [0.3, 0.4) is 0 Å². The Kier molecular flexibility index (Phi) is 3.43. The Balaban J connectivity index is 2.02. The second-order valence-electron chi connectivity index (χ2n) is 4.41. The van der Waals surface area contributed by atoms with Crippen LogP contribution in [0.15, 0.2) is 6.20 Å². The summed E-state index contributed by atoms with van der Waals surface area (Å²) >= 11 is 2.30. The average Bonchev–Trinajstić information content (AvgIpc) is 2.93. The molecule has 0 amide bonds. The first-order valence-corrected chi connectivity index (χ1v) is 6.44. The van der Waals surface area contributed by atoms with E-state index in [0.29, 0.717) is 0 Å². The number of rotatable bonds is 5. The van der Waals surface area contributed by atoms with E-state index in [2.05, 4.69) is 33.9 Å². The maximum absolute atomic E-state index is 10.6. The van der Waals surface area contributed by atoms with Crippen molar-refractivity contribution >= 4 is 28.9 Å². The molecular formula is C11H15IN2O. The van der Waals surface area contributed by atoms with Gasteiger partial charge in [0, 0.05) is 25.1 Å². The van der Waals surface area contributed by atoms with Crippen molar-refractivity contribution in [3.8, 4) is 0 Å². The Morgan fingerprint density at radius 1 is 1.73 bits per heavy atom. The fourth-order valence-electron chi connectivity index (χ4n) is 1.59. The first kappa shape index (κ1) is 11.1. The highest BCUT2D eigenvalue weighted by Crippen LogP contribution is 2.30. The van der Waals surface area contributed by atoms with E-state index >= 15 is 0 Å². The van der Waals surface area contributed by atoms with E-state index < -0.39 is 0 Å². The second kappa shape index (κ2) is 4.63. The normalized spacial score (nSPS) is 17.7. The van der Waals surface area contributed by atoms with Gasteiger partial charge in [-0.2, -0.15) is 5.10 Å². The van der Waals surface area contributed by atoms with Gasteiger partial charge in [0.05, 0.1) is 9.26 Å². The predicted octanol–water partition coefficient (Wildman–Crippen LogP) is 2.28. The summed E-state index contributed by atoms with van der Waals surface area (Å²) in [6.07, 6.45) is 6.54. The molecule has 0 bridgehead atoms. The quantitative estimate of drug-likeness (QED) is 0.617. The van der Waals surface area contributed by atoms with Gasteiger partial charge in [0.15, 0.2) is 0 Å². The third-order valence-corrected chi connectivity index (χ3v) is 3.58. The van der Waals surface area contributed by atoms with E-state index in [1.165, 1.54) is 16.4 Å². The second-order valence-corrected chi connectivity index (χ2v) is 5.57. The van der Waals surface area contributed by atoms with E-state index in [1.54, 1.807) is 0 Å². The van der Waals surface area contributed by atoms with Crippen LogP contribution in [0.4, 0.5) is 0 Å². The fraction of sp³-hybridized carbons (Fsp3) is 0.636. The van der Waals surface area contributed by atoms with Crippen molar-refractivity contribution in [3.05, 3.63) is 15.5 Å².